The second-order valence-electron chi connectivity index (χ2n) is 6.29. The minimum Gasteiger partial charge on any atom is -0.480 e. The molecule has 4 rings (SSSR count). The summed E-state index contributed by atoms with van der Waals surface area (Å²) in [6.07, 6.45) is 0.0995. The lowest BCUT2D eigenvalue weighted by Gasteiger charge is -2.09. The zero-order valence-corrected chi connectivity index (χ0v) is 15.2. The van der Waals surface area contributed by atoms with Crippen molar-refractivity contribution in [3.63, 3.8) is 0 Å². The summed E-state index contributed by atoms with van der Waals surface area (Å²) >= 11 is 1.43. The van der Waals surface area contributed by atoms with E-state index in [9.17, 15) is 4.79 Å². The first kappa shape index (κ1) is 15.9. The summed E-state index contributed by atoms with van der Waals surface area (Å²) in [5.41, 5.74) is 5.40. The van der Waals surface area contributed by atoms with Crippen LogP contribution >= 0.6 is 11.3 Å². The van der Waals surface area contributed by atoms with Gasteiger partial charge in [0.1, 0.15) is 5.75 Å². The number of rotatable bonds is 3. The Kier molecular flexibility index (Phi) is 3.84. The van der Waals surface area contributed by atoms with E-state index in [1.165, 1.54) is 17.0 Å². The van der Waals surface area contributed by atoms with Crippen molar-refractivity contribution in [2.75, 3.05) is 5.32 Å². The average molecular weight is 353 g/mol. The Balaban J connectivity index is 1.48. The Labute approximate surface area is 150 Å². The molecule has 0 fully saturated rings. The van der Waals surface area contributed by atoms with Gasteiger partial charge >= 0.3 is 0 Å². The predicted octanol–water partition coefficient (Wildman–Crippen LogP) is 3.71. The Morgan fingerprint density at radius 2 is 2.16 bits per heavy atom. The lowest BCUT2D eigenvalue weighted by molar-refractivity contribution is -0.122. The van der Waals surface area contributed by atoms with Crippen LogP contribution in [0.5, 0.6) is 5.75 Å². The molecule has 128 valence electrons. The van der Waals surface area contributed by atoms with Gasteiger partial charge in [0.15, 0.2) is 11.2 Å². The number of aromatic nitrogens is 2. The minimum absolute atomic E-state index is 0.155. The minimum atomic E-state index is -0.495. The molecule has 2 aromatic heterocycles. The third kappa shape index (κ3) is 2.82. The number of benzene rings is 1. The van der Waals surface area contributed by atoms with Crippen molar-refractivity contribution in [2.24, 2.45) is 7.05 Å². The summed E-state index contributed by atoms with van der Waals surface area (Å²) in [6, 6.07) is 9.87. The van der Waals surface area contributed by atoms with Gasteiger partial charge in [-0.1, -0.05) is 18.2 Å². The van der Waals surface area contributed by atoms with Gasteiger partial charge in [0.2, 0.25) is 0 Å². The molecule has 1 aromatic carbocycles. The molecular formula is C19H19N3O2S. The number of hydrogen-bond donors (Lipinski definition) is 1. The fourth-order valence-corrected chi connectivity index (χ4v) is 3.80. The first-order valence-electron chi connectivity index (χ1n) is 8.17. The molecule has 6 heteroatoms. The number of amides is 1. The number of nitrogens with one attached hydrogen (secondary N) is 1. The van der Waals surface area contributed by atoms with Crippen LogP contribution in [-0.4, -0.2) is 21.6 Å². The number of ether oxygens (including phenoxy) is 1. The highest BCUT2D eigenvalue weighted by Gasteiger charge is 2.29. The van der Waals surface area contributed by atoms with E-state index < -0.39 is 6.10 Å². The fourth-order valence-electron chi connectivity index (χ4n) is 3.08. The standard InChI is InChI=1S/C19H19N3O2S/c1-11-8-14(12(2)22(11)3)15-10-25-19(20-15)21-18(23)17-9-13-6-4-5-7-16(13)24-17/h4-8,10,17H,9H2,1-3H3,(H,20,21,23)/t17-/m1/s1. The van der Waals surface area contributed by atoms with Crippen LogP contribution in [0.1, 0.15) is 17.0 Å². The maximum absolute atomic E-state index is 12.5. The lowest BCUT2D eigenvalue weighted by Crippen LogP contribution is -2.31. The van der Waals surface area contributed by atoms with Crippen molar-refractivity contribution >= 4 is 22.4 Å². The Hall–Kier alpha value is -2.60. The Morgan fingerprint density at radius 1 is 1.36 bits per heavy atom. The topological polar surface area (TPSA) is 56.1 Å². The van der Waals surface area contributed by atoms with Crippen molar-refractivity contribution in [2.45, 2.75) is 26.4 Å². The van der Waals surface area contributed by atoms with Crippen molar-refractivity contribution in [3.05, 3.63) is 52.7 Å². The molecule has 0 saturated carbocycles. The molecule has 0 radical (unpaired) electrons. The van der Waals surface area contributed by atoms with Crippen molar-refractivity contribution < 1.29 is 9.53 Å². The summed E-state index contributed by atoms with van der Waals surface area (Å²) < 4.78 is 7.87. The number of nitrogens with zero attached hydrogens (tertiary/aromatic N) is 2. The van der Waals surface area contributed by atoms with Crippen LogP contribution in [0.25, 0.3) is 11.3 Å². The number of hydrogen-bond acceptors (Lipinski definition) is 4. The maximum atomic E-state index is 12.5. The zero-order valence-electron chi connectivity index (χ0n) is 14.4. The monoisotopic (exact) mass is 353 g/mol. The van der Waals surface area contributed by atoms with Crippen molar-refractivity contribution in [3.8, 4) is 17.0 Å². The number of thiazole rings is 1. The third-order valence-electron chi connectivity index (χ3n) is 4.73. The molecule has 0 bridgehead atoms. The second-order valence-corrected chi connectivity index (χ2v) is 7.15. The number of carbonyl (C=O) groups is 1. The summed E-state index contributed by atoms with van der Waals surface area (Å²) in [7, 11) is 2.04. The van der Waals surface area contributed by atoms with Crippen LogP contribution in [-0.2, 0) is 18.3 Å². The van der Waals surface area contributed by atoms with E-state index in [1.54, 1.807) is 0 Å². The fraction of sp³-hybridized carbons (Fsp3) is 0.263. The highest BCUT2D eigenvalue weighted by molar-refractivity contribution is 7.14. The van der Waals surface area contributed by atoms with E-state index in [1.807, 2.05) is 36.7 Å². The summed E-state index contributed by atoms with van der Waals surface area (Å²) in [6.45, 7) is 4.14. The van der Waals surface area contributed by atoms with Crippen molar-refractivity contribution in [1.82, 2.24) is 9.55 Å². The average Bonchev–Trinajstić information content (AvgIpc) is 3.29. The lowest BCUT2D eigenvalue weighted by atomic mass is 10.1. The molecule has 0 spiro atoms. The van der Waals surface area contributed by atoms with E-state index in [2.05, 4.69) is 34.8 Å². The van der Waals surface area contributed by atoms with Crippen molar-refractivity contribution in [1.29, 1.82) is 0 Å². The van der Waals surface area contributed by atoms with E-state index >= 15 is 0 Å². The van der Waals surface area contributed by atoms with Gasteiger partial charge in [-0.05, 0) is 31.5 Å². The molecule has 3 aromatic rings. The van der Waals surface area contributed by atoms with Gasteiger partial charge in [-0.15, -0.1) is 11.3 Å². The Morgan fingerprint density at radius 3 is 2.88 bits per heavy atom. The molecule has 0 saturated heterocycles. The number of aryl methyl sites for hydroxylation is 1. The van der Waals surface area contributed by atoms with Crippen LogP contribution in [0, 0.1) is 13.8 Å². The smallest absolute Gasteiger partial charge is 0.267 e. The van der Waals surface area contributed by atoms with Crippen LogP contribution in [0.15, 0.2) is 35.7 Å². The van der Waals surface area contributed by atoms with Gasteiger partial charge in [0, 0.05) is 35.8 Å². The highest BCUT2D eigenvalue weighted by atomic mass is 32.1. The number of anilines is 1. The summed E-state index contributed by atoms with van der Waals surface area (Å²) in [5.74, 6) is 0.635. The third-order valence-corrected chi connectivity index (χ3v) is 5.48. The van der Waals surface area contributed by atoms with Gasteiger partial charge < -0.3 is 9.30 Å². The summed E-state index contributed by atoms with van der Waals surface area (Å²) in [4.78, 5) is 17.1. The number of carbonyl (C=O) groups excluding carboxylic acids is 1. The van der Waals surface area contributed by atoms with Crippen LogP contribution < -0.4 is 10.1 Å². The van der Waals surface area contributed by atoms with E-state index in [4.69, 9.17) is 4.74 Å². The molecule has 25 heavy (non-hydrogen) atoms. The van der Waals surface area contributed by atoms with Gasteiger partial charge in [0.25, 0.3) is 5.91 Å². The first-order chi connectivity index (χ1) is 12.0. The van der Waals surface area contributed by atoms with E-state index in [-0.39, 0.29) is 5.91 Å². The van der Waals surface area contributed by atoms with Crippen LogP contribution in [0.4, 0.5) is 5.13 Å². The molecule has 1 aliphatic rings. The number of fused-ring (bicyclic) bond motifs is 1. The zero-order chi connectivity index (χ0) is 17.6. The molecule has 0 unspecified atom stereocenters. The second kappa shape index (κ2) is 6.04. The van der Waals surface area contributed by atoms with Gasteiger partial charge in [-0.3, -0.25) is 10.1 Å². The first-order valence-corrected chi connectivity index (χ1v) is 9.05. The van der Waals surface area contributed by atoms with Crippen LogP contribution in [0.2, 0.25) is 0 Å². The van der Waals surface area contributed by atoms with E-state index in [0.717, 1.165) is 28.3 Å². The van der Waals surface area contributed by atoms with E-state index in [0.29, 0.717) is 11.6 Å². The predicted molar refractivity (Wildman–Crippen MR) is 99.2 cm³/mol. The Bertz CT molecular complexity index is 932. The van der Waals surface area contributed by atoms with Crippen LogP contribution in [0.3, 0.4) is 0 Å². The molecule has 3 heterocycles. The maximum Gasteiger partial charge on any atom is 0.267 e. The quantitative estimate of drug-likeness (QED) is 0.781. The highest BCUT2D eigenvalue weighted by Crippen LogP contribution is 2.31. The van der Waals surface area contributed by atoms with Gasteiger partial charge in [-0.2, -0.15) is 0 Å². The normalized spacial score (nSPS) is 15.7. The molecule has 1 atom stereocenters. The summed E-state index contributed by atoms with van der Waals surface area (Å²) in [5, 5.41) is 5.46. The SMILES string of the molecule is Cc1cc(-c2csc(NC(=O)[C@H]3Cc4ccccc4O3)n2)c(C)n1C. The number of para-hydroxylation sites is 1. The van der Waals surface area contributed by atoms with Gasteiger partial charge in [-0.25, -0.2) is 4.98 Å². The molecule has 1 amide bonds. The molecule has 0 aliphatic carbocycles. The largest absolute Gasteiger partial charge is 0.480 e. The molecule has 1 N–H and O–H groups in total. The molecule has 1 aliphatic heterocycles. The van der Waals surface area contributed by atoms with Gasteiger partial charge in [0.05, 0.1) is 5.69 Å². The molecular weight excluding hydrogens is 334 g/mol. The molecule has 5 nitrogen and oxygen atoms in total.